The van der Waals surface area contributed by atoms with Gasteiger partial charge in [-0.3, -0.25) is 0 Å². The summed E-state index contributed by atoms with van der Waals surface area (Å²) in [6.07, 6.45) is 2.37. The van der Waals surface area contributed by atoms with Crippen molar-refractivity contribution in [1.29, 1.82) is 0 Å². The van der Waals surface area contributed by atoms with Crippen LogP contribution in [-0.4, -0.2) is 18.1 Å². The SMILES string of the molecule is CCCCN(CC)c1ccc(Br)cc1C(N)=S. The monoisotopic (exact) mass is 314 g/mol. The molecule has 0 fully saturated rings. The van der Waals surface area contributed by atoms with E-state index in [-0.39, 0.29) is 0 Å². The number of nitrogens with two attached hydrogens (primary N) is 1. The molecular formula is C13H19BrN2S. The summed E-state index contributed by atoms with van der Waals surface area (Å²) in [4.78, 5) is 2.78. The summed E-state index contributed by atoms with van der Waals surface area (Å²) < 4.78 is 1.01. The van der Waals surface area contributed by atoms with Gasteiger partial charge in [0.2, 0.25) is 0 Å². The number of hydrogen-bond acceptors (Lipinski definition) is 2. The van der Waals surface area contributed by atoms with Crippen LogP contribution in [0.25, 0.3) is 0 Å². The highest BCUT2D eigenvalue weighted by Gasteiger charge is 2.11. The maximum Gasteiger partial charge on any atom is 0.106 e. The topological polar surface area (TPSA) is 29.3 Å². The number of rotatable bonds is 6. The molecule has 4 heteroatoms. The van der Waals surface area contributed by atoms with Crippen LogP contribution in [0.1, 0.15) is 32.3 Å². The second-order valence-corrected chi connectivity index (χ2v) is 5.31. The van der Waals surface area contributed by atoms with Gasteiger partial charge in [-0.1, -0.05) is 41.5 Å². The van der Waals surface area contributed by atoms with E-state index in [2.05, 4.69) is 40.7 Å². The minimum Gasteiger partial charge on any atom is -0.389 e. The fourth-order valence-electron chi connectivity index (χ4n) is 1.78. The van der Waals surface area contributed by atoms with Crippen molar-refractivity contribution >= 4 is 38.8 Å². The number of benzene rings is 1. The van der Waals surface area contributed by atoms with Gasteiger partial charge in [0.25, 0.3) is 0 Å². The molecule has 1 aromatic carbocycles. The highest BCUT2D eigenvalue weighted by molar-refractivity contribution is 9.10. The molecule has 0 aromatic heterocycles. The van der Waals surface area contributed by atoms with Gasteiger partial charge in [-0.15, -0.1) is 0 Å². The fourth-order valence-corrected chi connectivity index (χ4v) is 2.30. The zero-order valence-electron chi connectivity index (χ0n) is 10.4. The number of hydrogen-bond donors (Lipinski definition) is 1. The smallest absolute Gasteiger partial charge is 0.106 e. The molecule has 0 amide bonds. The minimum absolute atomic E-state index is 0.455. The Kier molecular flexibility index (Phi) is 5.92. The molecule has 0 aliphatic rings. The van der Waals surface area contributed by atoms with E-state index >= 15 is 0 Å². The molecule has 1 rings (SSSR count). The molecule has 0 atom stereocenters. The molecule has 2 N–H and O–H groups in total. The summed E-state index contributed by atoms with van der Waals surface area (Å²) in [7, 11) is 0. The zero-order valence-corrected chi connectivity index (χ0v) is 12.8. The van der Waals surface area contributed by atoms with Gasteiger partial charge in [-0.2, -0.15) is 0 Å². The van der Waals surface area contributed by atoms with Crippen molar-refractivity contribution < 1.29 is 0 Å². The first kappa shape index (κ1) is 14.5. The fraction of sp³-hybridized carbons (Fsp3) is 0.462. The second-order valence-electron chi connectivity index (χ2n) is 3.96. The van der Waals surface area contributed by atoms with E-state index < -0.39 is 0 Å². The Balaban J connectivity index is 3.05. The van der Waals surface area contributed by atoms with Gasteiger partial charge in [0.05, 0.1) is 0 Å². The average Bonchev–Trinajstić information content (AvgIpc) is 2.31. The highest BCUT2D eigenvalue weighted by atomic mass is 79.9. The van der Waals surface area contributed by atoms with Crippen molar-refractivity contribution in [2.24, 2.45) is 5.73 Å². The van der Waals surface area contributed by atoms with E-state index in [0.29, 0.717) is 4.99 Å². The van der Waals surface area contributed by atoms with Crippen molar-refractivity contribution in [2.45, 2.75) is 26.7 Å². The van der Waals surface area contributed by atoms with Crippen molar-refractivity contribution in [3.63, 3.8) is 0 Å². The number of anilines is 1. The lowest BCUT2D eigenvalue weighted by molar-refractivity contribution is 0.732. The van der Waals surface area contributed by atoms with Crippen molar-refractivity contribution in [3.8, 4) is 0 Å². The number of unbranched alkanes of at least 4 members (excludes halogenated alkanes) is 1. The van der Waals surface area contributed by atoms with Crippen molar-refractivity contribution in [1.82, 2.24) is 0 Å². The zero-order chi connectivity index (χ0) is 12.8. The van der Waals surface area contributed by atoms with Crippen LogP contribution in [0.15, 0.2) is 22.7 Å². The van der Waals surface area contributed by atoms with Crippen molar-refractivity contribution in [3.05, 3.63) is 28.2 Å². The first-order chi connectivity index (χ1) is 8.10. The molecule has 0 bridgehead atoms. The Bertz CT molecular complexity index is 393. The number of halogens is 1. The van der Waals surface area contributed by atoms with Crippen LogP contribution in [0, 0.1) is 0 Å². The molecule has 0 heterocycles. The van der Waals surface area contributed by atoms with Crippen LogP contribution in [-0.2, 0) is 0 Å². The molecule has 0 unspecified atom stereocenters. The van der Waals surface area contributed by atoms with Crippen molar-refractivity contribution in [2.75, 3.05) is 18.0 Å². The first-order valence-corrected chi connectivity index (χ1v) is 7.14. The maximum absolute atomic E-state index is 5.79. The first-order valence-electron chi connectivity index (χ1n) is 5.94. The molecule has 94 valence electrons. The highest BCUT2D eigenvalue weighted by Crippen LogP contribution is 2.25. The number of thiocarbonyl (C=S) groups is 1. The van der Waals surface area contributed by atoms with Gasteiger partial charge < -0.3 is 10.6 Å². The molecule has 0 spiro atoms. The third-order valence-electron chi connectivity index (χ3n) is 2.73. The maximum atomic E-state index is 5.79. The standard InChI is InChI=1S/C13H19BrN2S/c1-3-5-8-16(4-2)12-7-6-10(14)9-11(12)13(15)17/h6-7,9H,3-5,8H2,1-2H3,(H2,15,17). The Labute approximate surface area is 117 Å². The Morgan fingerprint density at radius 2 is 2.12 bits per heavy atom. The molecule has 0 saturated heterocycles. The average molecular weight is 315 g/mol. The molecule has 0 saturated carbocycles. The van der Waals surface area contributed by atoms with Gasteiger partial charge in [0.15, 0.2) is 0 Å². The van der Waals surface area contributed by atoms with E-state index in [1.165, 1.54) is 12.8 Å². The minimum atomic E-state index is 0.455. The number of nitrogens with zero attached hydrogens (tertiary/aromatic N) is 1. The summed E-state index contributed by atoms with van der Waals surface area (Å²) in [5.74, 6) is 0. The predicted octanol–water partition coefficient (Wildman–Crippen LogP) is 3.71. The predicted molar refractivity (Wildman–Crippen MR) is 82.8 cm³/mol. The lowest BCUT2D eigenvalue weighted by atomic mass is 10.1. The summed E-state index contributed by atoms with van der Waals surface area (Å²) in [5, 5.41) is 0. The third kappa shape index (κ3) is 3.96. The largest absolute Gasteiger partial charge is 0.389 e. The molecule has 1 aromatic rings. The van der Waals surface area contributed by atoms with Crippen LogP contribution in [0.5, 0.6) is 0 Å². The van der Waals surface area contributed by atoms with E-state index in [4.69, 9.17) is 18.0 Å². The molecule has 2 nitrogen and oxygen atoms in total. The van der Waals surface area contributed by atoms with Crippen LogP contribution in [0.4, 0.5) is 5.69 Å². The van der Waals surface area contributed by atoms with Crippen LogP contribution in [0.2, 0.25) is 0 Å². The van der Waals surface area contributed by atoms with Gasteiger partial charge in [0.1, 0.15) is 4.99 Å². The molecule has 0 aliphatic heterocycles. The van der Waals surface area contributed by atoms with E-state index in [9.17, 15) is 0 Å². The van der Waals surface area contributed by atoms with Gasteiger partial charge in [-0.05, 0) is 31.5 Å². The van der Waals surface area contributed by atoms with Crippen LogP contribution < -0.4 is 10.6 Å². The second kappa shape index (κ2) is 6.97. The summed E-state index contributed by atoms with van der Waals surface area (Å²) in [6, 6.07) is 6.11. The quantitative estimate of drug-likeness (QED) is 0.812. The Hall–Kier alpha value is -0.610. The normalized spacial score (nSPS) is 10.3. The summed E-state index contributed by atoms with van der Waals surface area (Å²) >= 11 is 8.57. The third-order valence-corrected chi connectivity index (χ3v) is 3.44. The van der Waals surface area contributed by atoms with Gasteiger partial charge in [0, 0.05) is 28.8 Å². The molecule has 0 radical (unpaired) electrons. The molecule has 0 aliphatic carbocycles. The van der Waals surface area contributed by atoms with Crippen LogP contribution >= 0.6 is 28.1 Å². The van der Waals surface area contributed by atoms with Crippen LogP contribution in [0.3, 0.4) is 0 Å². The molecular weight excluding hydrogens is 296 g/mol. The lowest BCUT2D eigenvalue weighted by Gasteiger charge is -2.25. The molecule has 17 heavy (non-hydrogen) atoms. The summed E-state index contributed by atoms with van der Waals surface area (Å²) in [6.45, 7) is 6.37. The Morgan fingerprint density at radius 3 is 2.65 bits per heavy atom. The Morgan fingerprint density at radius 1 is 1.41 bits per heavy atom. The van der Waals surface area contributed by atoms with E-state index in [1.54, 1.807) is 0 Å². The van der Waals surface area contributed by atoms with E-state index in [0.717, 1.165) is 28.8 Å². The van der Waals surface area contributed by atoms with Gasteiger partial charge >= 0.3 is 0 Å². The summed E-state index contributed by atoms with van der Waals surface area (Å²) in [5.41, 5.74) is 7.88. The van der Waals surface area contributed by atoms with Gasteiger partial charge in [-0.25, -0.2) is 0 Å². The lowest BCUT2D eigenvalue weighted by Crippen LogP contribution is -2.27. The van der Waals surface area contributed by atoms with E-state index in [1.807, 2.05) is 12.1 Å².